The van der Waals surface area contributed by atoms with Crippen molar-refractivity contribution in [1.29, 1.82) is 0 Å². The molecular formula is C27H24N4O3S. The molecule has 0 spiro atoms. The molecule has 3 aromatic carbocycles. The third-order valence-electron chi connectivity index (χ3n) is 5.43. The topological polar surface area (TPSA) is 85.6 Å². The number of anilines is 1. The fourth-order valence-electron chi connectivity index (χ4n) is 3.82. The molecule has 8 heteroatoms. The zero-order chi connectivity index (χ0) is 24.4. The van der Waals surface area contributed by atoms with Crippen molar-refractivity contribution in [2.24, 2.45) is 0 Å². The molecule has 176 valence electrons. The number of aromatic nitrogens is 3. The zero-order valence-corrected chi connectivity index (χ0v) is 20.1. The van der Waals surface area contributed by atoms with Gasteiger partial charge in [0.1, 0.15) is 12.1 Å². The number of hydrogen-bond acceptors (Lipinski definition) is 5. The lowest BCUT2D eigenvalue weighted by Crippen LogP contribution is -2.12. The molecule has 0 aliphatic heterocycles. The van der Waals surface area contributed by atoms with Crippen LogP contribution in [0.5, 0.6) is 5.75 Å². The van der Waals surface area contributed by atoms with Gasteiger partial charge >= 0.3 is 0 Å². The lowest BCUT2D eigenvalue weighted by Gasteiger charge is -2.09. The standard InChI is InChI=1S/C27H24N4O3S/c1-19(2)34-24-14-10-20(11-15-24)22-16-26-27(28-18-29-31(26)17-22)21-8-12-23(13-9-21)30-35(32,33)25-6-4-3-5-7-25/h3-19,30H,1-2H3. The monoisotopic (exact) mass is 484 g/mol. The van der Waals surface area contributed by atoms with E-state index in [1.165, 1.54) is 6.33 Å². The third-order valence-corrected chi connectivity index (χ3v) is 6.83. The molecule has 2 heterocycles. The van der Waals surface area contributed by atoms with Crippen molar-refractivity contribution < 1.29 is 13.2 Å². The van der Waals surface area contributed by atoms with E-state index in [1.807, 2.05) is 62.5 Å². The Balaban J connectivity index is 1.42. The van der Waals surface area contributed by atoms with Crippen molar-refractivity contribution in [3.8, 4) is 28.1 Å². The third kappa shape index (κ3) is 4.88. The predicted molar refractivity (Wildman–Crippen MR) is 137 cm³/mol. The Bertz CT molecular complexity index is 1560. The second-order valence-corrected chi connectivity index (χ2v) is 10.0. The first-order chi connectivity index (χ1) is 16.9. The van der Waals surface area contributed by atoms with Gasteiger partial charge in [0.05, 0.1) is 22.2 Å². The van der Waals surface area contributed by atoms with Crippen LogP contribution in [0.2, 0.25) is 0 Å². The van der Waals surface area contributed by atoms with Gasteiger partial charge in [0, 0.05) is 23.0 Å². The maximum absolute atomic E-state index is 12.6. The van der Waals surface area contributed by atoms with Crippen molar-refractivity contribution in [2.75, 3.05) is 4.72 Å². The Kier molecular flexibility index (Phi) is 5.96. The van der Waals surface area contributed by atoms with Crippen molar-refractivity contribution in [3.63, 3.8) is 0 Å². The molecule has 0 amide bonds. The Morgan fingerprint density at radius 2 is 1.54 bits per heavy atom. The first-order valence-corrected chi connectivity index (χ1v) is 12.7. The lowest BCUT2D eigenvalue weighted by atomic mass is 10.1. The molecule has 2 aromatic heterocycles. The Morgan fingerprint density at radius 3 is 2.23 bits per heavy atom. The SMILES string of the molecule is CC(C)Oc1ccc(-c2cc3c(-c4ccc(NS(=O)(=O)c5ccccc5)cc4)ncnn3c2)cc1. The number of nitrogens with one attached hydrogen (secondary N) is 1. The summed E-state index contributed by atoms with van der Waals surface area (Å²) >= 11 is 0. The van der Waals surface area contributed by atoms with E-state index in [-0.39, 0.29) is 11.0 Å². The number of ether oxygens (including phenoxy) is 1. The van der Waals surface area contributed by atoms with Gasteiger partial charge in [-0.15, -0.1) is 0 Å². The van der Waals surface area contributed by atoms with Gasteiger partial charge in [0.2, 0.25) is 0 Å². The summed E-state index contributed by atoms with van der Waals surface area (Å²) in [5.41, 5.74) is 4.98. The molecule has 0 unspecified atom stereocenters. The number of rotatable bonds is 7. The lowest BCUT2D eigenvalue weighted by molar-refractivity contribution is 0.242. The summed E-state index contributed by atoms with van der Waals surface area (Å²) in [5, 5.41) is 4.36. The van der Waals surface area contributed by atoms with E-state index in [9.17, 15) is 8.42 Å². The molecule has 0 aliphatic rings. The number of fused-ring (bicyclic) bond motifs is 1. The van der Waals surface area contributed by atoms with Crippen molar-refractivity contribution >= 4 is 21.2 Å². The fourth-order valence-corrected chi connectivity index (χ4v) is 4.90. The predicted octanol–water partition coefficient (Wildman–Crippen LogP) is 5.65. The Hall–Kier alpha value is -4.17. The first-order valence-electron chi connectivity index (χ1n) is 11.2. The number of sulfonamides is 1. The average Bonchev–Trinajstić information content (AvgIpc) is 3.30. The molecule has 0 aliphatic carbocycles. The molecule has 5 rings (SSSR count). The highest BCUT2D eigenvalue weighted by Gasteiger charge is 2.14. The molecule has 35 heavy (non-hydrogen) atoms. The average molecular weight is 485 g/mol. The number of benzene rings is 3. The van der Waals surface area contributed by atoms with Gasteiger partial charge in [-0.05, 0) is 61.9 Å². The van der Waals surface area contributed by atoms with Gasteiger partial charge in [-0.1, -0.05) is 42.5 Å². The van der Waals surface area contributed by atoms with E-state index in [2.05, 4.69) is 14.8 Å². The van der Waals surface area contributed by atoms with Crippen LogP contribution in [0.15, 0.2) is 102 Å². The minimum absolute atomic E-state index is 0.121. The summed E-state index contributed by atoms with van der Waals surface area (Å²) in [7, 11) is -3.65. The van der Waals surface area contributed by atoms with Crippen LogP contribution in [0.25, 0.3) is 27.9 Å². The van der Waals surface area contributed by atoms with Crippen molar-refractivity contribution in [2.45, 2.75) is 24.8 Å². The van der Waals surface area contributed by atoms with E-state index in [0.717, 1.165) is 33.7 Å². The molecule has 0 atom stereocenters. The summed E-state index contributed by atoms with van der Waals surface area (Å²) in [6, 6.07) is 25.4. The maximum Gasteiger partial charge on any atom is 0.261 e. The molecule has 1 N–H and O–H groups in total. The molecule has 0 bridgehead atoms. The van der Waals surface area contributed by atoms with Crippen LogP contribution in [-0.2, 0) is 10.0 Å². The summed E-state index contributed by atoms with van der Waals surface area (Å²) < 4.78 is 35.3. The Morgan fingerprint density at radius 1 is 0.857 bits per heavy atom. The summed E-state index contributed by atoms with van der Waals surface area (Å²) in [4.78, 5) is 4.71. The van der Waals surface area contributed by atoms with E-state index < -0.39 is 10.0 Å². The fraction of sp³-hybridized carbons (Fsp3) is 0.111. The molecule has 0 saturated heterocycles. The summed E-state index contributed by atoms with van der Waals surface area (Å²) in [6.07, 6.45) is 3.59. The second kappa shape index (κ2) is 9.23. The van der Waals surface area contributed by atoms with Crippen LogP contribution in [0.1, 0.15) is 13.8 Å². The van der Waals surface area contributed by atoms with Crippen LogP contribution in [0, 0.1) is 0 Å². The quantitative estimate of drug-likeness (QED) is 0.323. The van der Waals surface area contributed by atoms with Crippen molar-refractivity contribution in [1.82, 2.24) is 14.6 Å². The molecular weight excluding hydrogens is 460 g/mol. The van der Waals surface area contributed by atoms with Gasteiger partial charge in [0.15, 0.2) is 0 Å². The van der Waals surface area contributed by atoms with Gasteiger partial charge in [0.25, 0.3) is 10.0 Å². The highest BCUT2D eigenvalue weighted by molar-refractivity contribution is 7.92. The summed E-state index contributed by atoms with van der Waals surface area (Å²) in [6.45, 7) is 4.00. The van der Waals surface area contributed by atoms with E-state index in [0.29, 0.717) is 5.69 Å². The van der Waals surface area contributed by atoms with E-state index in [4.69, 9.17) is 4.74 Å². The maximum atomic E-state index is 12.6. The van der Waals surface area contributed by atoms with Crippen LogP contribution in [-0.4, -0.2) is 29.1 Å². The van der Waals surface area contributed by atoms with E-state index >= 15 is 0 Å². The van der Waals surface area contributed by atoms with Crippen LogP contribution in [0.4, 0.5) is 5.69 Å². The second-order valence-electron chi connectivity index (χ2n) is 8.35. The highest BCUT2D eigenvalue weighted by atomic mass is 32.2. The molecule has 0 saturated carbocycles. The van der Waals surface area contributed by atoms with Crippen LogP contribution < -0.4 is 9.46 Å². The first kappa shape index (κ1) is 22.6. The highest BCUT2D eigenvalue weighted by Crippen LogP contribution is 2.30. The minimum Gasteiger partial charge on any atom is -0.491 e. The summed E-state index contributed by atoms with van der Waals surface area (Å²) in [5.74, 6) is 0.830. The minimum atomic E-state index is -3.65. The van der Waals surface area contributed by atoms with Crippen molar-refractivity contribution in [3.05, 3.63) is 97.5 Å². The normalized spacial score (nSPS) is 11.6. The Labute approximate surface area is 204 Å². The van der Waals surface area contributed by atoms with Gasteiger partial charge in [-0.3, -0.25) is 4.72 Å². The smallest absolute Gasteiger partial charge is 0.261 e. The number of hydrogen-bond donors (Lipinski definition) is 1. The van der Waals surface area contributed by atoms with Gasteiger partial charge in [-0.2, -0.15) is 5.10 Å². The molecule has 5 aromatic rings. The molecule has 0 fully saturated rings. The zero-order valence-electron chi connectivity index (χ0n) is 19.3. The molecule has 0 radical (unpaired) electrons. The van der Waals surface area contributed by atoms with Gasteiger partial charge < -0.3 is 4.74 Å². The van der Waals surface area contributed by atoms with E-state index in [1.54, 1.807) is 47.0 Å². The van der Waals surface area contributed by atoms with Crippen LogP contribution in [0.3, 0.4) is 0 Å². The van der Waals surface area contributed by atoms with Gasteiger partial charge in [-0.25, -0.2) is 17.9 Å². The molecule has 7 nitrogen and oxygen atoms in total. The number of nitrogens with zero attached hydrogens (tertiary/aromatic N) is 3. The van der Waals surface area contributed by atoms with Crippen LogP contribution >= 0.6 is 0 Å². The largest absolute Gasteiger partial charge is 0.491 e.